The Morgan fingerprint density at radius 1 is 1.40 bits per heavy atom. The average molecular weight is 206 g/mol. The Morgan fingerprint density at radius 2 is 2.20 bits per heavy atom. The SMILES string of the molecule is CCCCC(NCC)c1ccncc1C. The molecule has 0 fully saturated rings. The molecule has 1 heterocycles. The molecule has 0 amide bonds. The van der Waals surface area contributed by atoms with E-state index >= 15 is 0 Å². The Balaban J connectivity index is 2.74. The number of nitrogens with zero attached hydrogens (tertiary/aromatic N) is 1. The van der Waals surface area contributed by atoms with Gasteiger partial charge in [-0.3, -0.25) is 4.98 Å². The Labute approximate surface area is 93.1 Å². The Morgan fingerprint density at radius 3 is 2.80 bits per heavy atom. The fraction of sp³-hybridized carbons (Fsp3) is 0.615. The molecule has 0 saturated carbocycles. The third-order valence-corrected chi connectivity index (χ3v) is 2.74. The molecule has 2 nitrogen and oxygen atoms in total. The summed E-state index contributed by atoms with van der Waals surface area (Å²) in [4.78, 5) is 4.14. The molecule has 0 aliphatic carbocycles. The lowest BCUT2D eigenvalue weighted by Gasteiger charge is -2.19. The molecule has 0 saturated heterocycles. The van der Waals surface area contributed by atoms with Gasteiger partial charge in [0.2, 0.25) is 0 Å². The topological polar surface area (TPSA) is 24.9 Å². The van der Waals surface area contributed by atoms with Gasteiger partial charge in [0.1, 0.15) is 0 Å². The molecular formula is C13H22N2. The second-order valence-electron chi connectivity index (χ2n) is 3.98. The van der Waals surface area contributed by atoms with Crippen molar-refractivity contribution in [2.75, 3.05) is 6.54 Å². The van der Waals surface area contributed by atoms with Crippen molar-refractivity contribution in [3.8, 4) is 0 Å². The van der Waals surface area contributed by atoms with Crippen molar-refractivity contribution in [3.63, 3.8) is 0 Å². The Hall–Kier alpha value is -0.890. The van der Waals surface area contributed by atoms with E-state index in [1.165, 1.54) is 30.4 Å². The molecule has 1 unspecified atom stereocenters. The highest BCUT2D eigenvalue weighted by molar-refractivity contribution is 5.25. The first-order valence-electron chi connectivity index (χ1n) is 5.93. The van der Waals surface area contributed by atoms with E-state index in [9.17, 15) is 0 Å². The van der Waals surface area contributed by atoms with E-state index < -0.39 is 0 Å². The lowest BCUT2D eigenvalue weighted by Crippen LogP contribution is -2.21. The summed E-state index contributed by atoms with van der Waals surface area (Å²) in [6.45, 7) is 7.56. The van der Waals surface area contributed by atoms with Crippen LogP contribution in [0.15, 0.2) is 18.5 Å². The molecule has 0 bridgehead atoms. The molecule has 1 rings (SSSR count). The summed E-state index contributed by atoms with van der Waals surface area (Å²) in [7, 11) is 0. The fourth-order valence-corrected chi connectivity index (χ4v) is 1.90. The van der Waals surface area contributed by atoms with Gasteiger partial charge in [-0.25, -0.2) is 0 Å². The van der Waals surface area contributed by atoms with Crippen LogP contribution in [0.5, 0.6) is 0 Å². The highest BCUT2D eigenvalue weighted by atomic mass is 14.9. The summed E-state index contributed by atoms with van der Waals surface area (Å²) >= 11 is 0. The molecule has 0 radical (unpaired) electrons. The van der Waals surface area contributed by atoms with E-state index in [-0.39, 0.29) is 0 Å². The number of rotatable bonds is 6. The number of hydrogen-bond donors (Lipinski definition) is 1. The van der Waals surface area contributed by atoms with Gasteiger partial charge in [0, 0.05) is 18.4 Å². The zero-order valence-electron chi connectivity index (χ0n) is 10.1. The number of aromatic nitrogens is 1. The van der Waals surface area contributed by atoms with E-state index in [2.05, 4.69) is 37.1 Å². The molecule has 15 heavy (non-hydrogen) atoms. The maximum atomic E-state index is 4.14. The fourth-order valence-electron chi connectivity index (χ4n) is 1.90. The quantitative estimate of drug-likeness (QED) is 0.773. The largest absolute Gasteiger partial charge is 0.310 e. The van der Waals surface area contributed by atoms with Gasteiger partial charge < -0.3 is 5.32 Å². The summed E-state index contributed by atoms with van der Waals surface area (Å²) in [5.74, 6) is 0. The smallest absolute Gasteiger partial charge is 0.0323 e. The monoisotopic (exact) mass is 206 g/mol. The molecular weight excluding hydrogens is 184 g/mol. The van der Waals surface area contributed by atoms with Crippen LogP contribution >= 0.6 is 0 Å². The zero-order chi connectivity index (χ0) is 11.1. The number of unbranched alkanes of at least 4 members (excludes halogenated alkanes) is 1. The van der Waals surface area contributed by atoms with Gasteiger partial charge in [-0.1, -0.05) is 26.7 Å². The molecule has 0 aliphatic rings. The molecule has 1 atom stereocenters. The van der Waals surface area contributed by atoms with E-state index in [4.69, 9.17) is 0 Å². The van der Waals surface area contributed by atoms with Gasteiger partial charge >= 0.3 is 0 Å². The van der Waals surface area contributed by atoms with E-state index in [1.54, 1.807) is 0 Å². The second kappa shape index (κ2) is 6.57. The van der Waals surface area contributed by atoms with Gasteiger partial charge in [-0.2, -0.15) is 0 Å². The van der Waals surface area contributed by atoms with Gasteiger partial charge in [0.25, 0.3) is 0 Å². The zero-order valence-corrected chi connectivity index (χ0v) is 10.1. The third kappa shape index (κ3) is 3.63. The predicted molar refractivity (Wildman–Crippen MR) is 64.9 cm³/mol. The molecule has 1 aromatic heterocycles. The van der Waals surface area contributed by atoms with Crippen molar-refractivity contribution in [2.24, 2.45) is 0 Å². The van der Waals surface area contributed by atoms with Crippen LogP contribution in [0.3, 0.4) is 0 Å². The van der Waals surface area contributed by atoms with Crippen molar-refractivity contribution in [1.82, 2.24) is 10.3 Å². The standard InChI is InChI=1S/C13H22N2/c1-4-6-7-13(15-5-2)12-8-9-14-10-11(12)3/h8-10,13,15H,4-7H2,1-3H3. The van der Waals surface area contributed by atoms with Crippen LogP contribution in [0.1, 0.15) is 50.3 Å². The van der Waals surface area contributed by atoms with Crippen molar-refractivity contribution in [3.05, 3.63) is 29.6 Å². The van der Waals surface area contributed by atoms with Crippen LogP contribution in [-0.4, -0.2) is 11.5 Å². The minimum Gasteiger partial charge on any atom is -0.310 e. The van der Waals surface area contributed by atoms with Crippen LogP contribution in [0.2, 0.25) is 0 Å². The van der Waals surface area contributed by atoms with E-state index in [0.717, 1.165) is 6.54 Å². The van der Waals surface area contributed by atoms with E-state index in [1.807, 2.05) is 12.4 Å². The highest BCUT2D eigenvalue weighted by Gasteiger charge is 2.11. The number of pyridine rings is 1. The average Bonchev–Trinajstić information content (AvgIpc) is 2.25. The van der Waals surface area contributed by atoms with Crippen LogP contribution in [0.25, 0.3) is 0 Å². The normalized spacial score (nSPS) is 12.7. The second-order valence-corrected chi connectivity index (χ2v) is 3.98. The highest BCUT2D eigenvalue weighted by Crippen LogP contribution is 2.21. The van der Waals surface area contributed by atoms with Gasteiger partial charge in [-0.15, -0.1) is 0 Å². The first kappa shape index (κ1) is 12.2. The molecule has 0 aromatic carbocycles. The number of aryl methyl sites for hydroxylation is 1. The van der Waals surface area contributed by atoms with Crippen LogP contribution in [-0.2, 0) is 0 Å². The first-order chi connectivity index (χ1) is 7.29. The number of nitrogens with one attached hydrogen (secondary N) is 1. The summed E-state index contributed by atoms with van der Waals surface area (Å²) in [5, 5.41) is 3.55. The summed E-state index contributed by atoms with van der Waals surface area (Å²) in [5.41, 5.74) is 2.69. The molecule has 1 aromatic rings. The first-order valence-corrected chi connectivity index (χ1v) is 5.93. The Kier molecular flexibility index (Phi) is 5.33. The maximum absolute atomic E-state index is 4.14. The van der Waals surface area contributed by atoms with Crippen molar-refractivity contribution in [1.29, 1.82) is 0 Å². The number of hydrogen-bond acceptors (Lipinski definition) is 2. The predicted octanol–water partition coefficient (Wildman–Crippen LogP) is 3.23. The lowest BCUT2D eigenvalue weighted by atomic mass is 9.98. The Bertz CT molecular complexity index is 284. The van der Waals surface area contributed by atoms with Crippen molar-refractivity contribution in [2.45, 2.75) is 46.1 Å². The van der Waals surface area contributed by atoms with E-state index in [0.29, 0.717) is 6.04 Å². The maximum Gasteiger partial charge on any atom is 0.0323 e. The van der Waals surface area contributed by atoms with Crippen LogP contribution < -0.4 is 5.32 Å². The van der Waals surface area contributed by atoms with Gasteiger partial charge in [0.05, 0.1) is 0 Å². The summed E-state index contributed by atoms with van der Waals surface area (Å²) in [6.07, 6.45) is 7.59. The third-order valence-electron chi connectivity index (χ3n) is 2.74. The summed E-state index contributed by atoms with van der Waals surface area (Å²) in [6, 6.07) is 2.64. The minimum atomic E-state index is 0.498. The van der Waals surface area contributed by atoms with Gasteiger partial charge in [-0.05, 0) is 37.1 Å². The van der Waals surface area contributed by atoms with Crippen molar-refractivity contribution < 1.29 is 0 Å². The van der Waals surface area contributed by atoms with Gasteiger partial charge in [0.15, 0.2) is 0 Å². The van der Waals surface area contributed by atoms with Crippen LogP contribution in [0, 0.1) is 6.92 Å². The molecule has 0 spiro atoms. The molecule has 2 heteroatoms. The lowest BCUT2D eigenvalue weighted by molar-refractivity contribution is 0.492. The molecule has 84 valence electrons. The molecule has 0 aliphatic heterocycles. The van der Waals surface area contributed by atoms with Crippen LogP contribution in [0.4, 0.5) is 0 Å². The molecule has 1 N–H and O–H groups in total. The van der Waals surface area contributed by atoms with Crippen molar-refractivity contribution >= 4 is 0 Å². The summed E-state index contributed by atoms with van der Waals surface area (Å²) < 4.78 is 0. The minimum absolute atomic E-state index is 0.498.